The molecule has 0 atom stereocenters. The molecule has 1 saturated heterocycles. The lowest BCUT2D eigenvalue weighted by atomic mass is 10.2. The topological polar surface area (TPSA) is 79.4 Å². The molecule has 6 nitrogen and oxygen atoms in total. The Morgan fingerprint density at radius 2 is 1.93 bits per heavy atom. The van der Waals surface area contributed by atoms with Gasteiger partial charge in [0.05, 0.1) is 20.9 Å². The number of anilines is 1. The molecule has 0 saturated carbocycles. The van der Waals surface area contributed by atoms with Crippen molar-refractivity contribution in [2.75, 3.05) is 24.2 Å². The number of fused-ring (bicyclic) bond motifs is 1. The number of hydrogen-bond acceptors (Lipinski definition) is 6. The van der Waals surface area contributed by atoms with E-state index in [0.717, 1.165) is 33.8 Å². The smallest absolute Gasteiger partial charge is 0.243 e. The fourth-order valence-electron chi connectivity index (χ4n) is 3.44. The van der Waals surface area contributed by atoms with Gasteiger partial charge >= 0.3 is 0 Å². The Kier molecular flexibility index (Phi) is 6.43. The van der Waals surface area contributed by atoms with Gasteiger partial charge in [0, 0.05) is 18.8 Å². The summed E-state index contributed by atoms with van der Waals surface area (Å²) in [6.45, 7) is 2.89. The lowest BCUT2D eigenvalue weighted by molar-refractivity contribution is -0.113. The number of aromatic nitrogens is 1. The molecule has 1 N–H and O–H groups in total. The van der Waals surface area contributed by atoms with Gasteiger partial charge in [-0.1, -0.05) is 36.4 Å². The molecule has 1 aliphatic heterocycles. The molecular weight excluding hydrogens is 438 g/mol. The van der Waals surface area contributed by atoms with Crippen molar-refractivity contribution in [2.24, 2.45) is 0 Å². The number of sulfonamides is 1. The molecule has 0 bridgehead atoms. The van der Waals surface area contributed by atoms with Crippen molar-refractivity contribution in [2.45, 2.75) is 35.4 Å². The van der Waals surface area contributed by atoms with E-state index in [9.17, 15) is 13.2 Å². The Morgan fingerprint density at radius 3 is 2.70 bits per heavy atom. The van der Waals surface area contributed by atoms with E-state index in [1.165, 1.54) is 11.8 Å². The number of carbonyl (C=O) groups excluding carboxylic acids is 1. The molecule has 30 heavy (non-hydrogen) atoms. The molecule has 0 unspecified atom stereocenters. The Morgan fingerprint density at radius 1 is 1.17 bits per heavy atom. The number of para-hydroxylation sites is 1. The molecule has 0 radical (unpaired) electrons. The first-order valence-electron chi connectivity index (χ1n) is 9.82. The van der Waals surface area contributed by atoms with Gasteiger partial charge in [-0.25, -0.2) is 13.4 Å². The van der Waals surface area contributed by atoms with E-state index in [2.05, 4.69) is 10.3 Å². The van der Waals surface area contributed by atoms with Crippen molar-refractivity contribution in [1.29, 1.82) is 0 Å². The first-order valence-corrected chi connectivity index (χ1v) is 13.1. The fourth-order valence-corrected chi connectivity index (χ4v) is 7.07. The molecule has 1 aliphatic rings. The Balaban J connectivity index is 1.44. The van der Waals surface area contributed by atoms with Gasteiger partial charge in [-0.15, -0.1) is 11.3 Å². The summed E-state index contributed by atoms with van der Waals surface area (Å²) in [5.41, 5.74) is 2.10. The van der Waals surface area contributed by atoms with Crippen LogP contribution in [0.25, 0.3) is 10.2 Å². The summed E-state index contributed by atoms with van der Waals surface area (Å²) in [5, 5.41) is 2.82. The lowest BCUT2D eigenvalue weighted by Gasteiger charge is -2.26. The monoisotopic (exact) mass is 461 g/mol. The first-order chi connectivity index (χ1) is 14.4. The van der Waals surface area contributed by atoms with Crippen LogP contribution in [0.15, 0.2) is 51.7 Å². The average molecular weight is 462 g/mol. The standard InChI is InChI=1S/C21H23N3O3S3/c1-15-9-10-16(13-19(15)30(26,27)24-11-5-2-6-12-24)22-20(25)14-28-21-23-17-7-3-4-8-18(17)29-21/h3-4,7-10,13H,2,5-6,11-12,14H2,1H3,(H,22,25). The number of amides is 1. The number of nitrogens with zero attached hydrogens (tertiary/aromatic N) is 2. The second-order valence-corrected chi connectivity index (χ2v) is 11.4. The number of benzene rings is 2. The number of piperidine rings is 1. The fraction of sp³-hybridized carbons (Fsp3) is 0.333. The summed E-state index contributed by atoms with van der Waals surface area (Å²) in [4.78, 5) is 17.2. The highest BCUT2D eigenvalue weighted by Crippen LogP contribution is 2.30. The maximum Gasteiger partial charge on any atom is 0.243 e. The number of thiazole rings is 1. The van der Waals surface area contributed by atoms with E-state index < -0.39 is 10.0 Å². The summed E-state index contributed by atoms with van der Waals surface area (Å²) in [6.07, 6.45) is 2.84. The van der Waals surface area contributed by atoms with Gasteiger partial charge in [0.2, 0.25) is 15.9 Å². The van der Waals surface area contributed by atoms with Crippen molar-refractivity contribution in [3.63, 3.8) is 0 Å². The summed E-state index contributed by atoms with van der Waals surface area (Å²) in [6, 6.07) is 12.9. The van der Waals surface area contributed by atoms with E-state index in [-0.39, 0.29) is 16.6 Å². The maximum absolute atomic E-state index is 13.0. The van der Waals surface area contributed by atoms with Gasteiger partial charge in [0.1, 0.15) is 0 Å². The number of aryl methyl sites for hydroxylation is 1. The minimum Gasteiger partial charge on any atom is -0.325 e. The molecule has 0 spiro atoms. The molecule has 3 aromatic rings. The van der Waals surface area contributed by atoms with Crippen LogP contribution in [0.1, 0.15) is 24.8 Å². The Hall–Kier alpha value is -1.94. The first kappa shape index (κ1) is 21.3. The van der Waals surface area contributed by atoms with Crippen LogP contribution in [-0.4, -0.2) is 42.5 Å². The predicted octanol–water partition coefficient (Wildman–Crippen LogP) is 4.51. The predicted molar refractivity (Wildman–Crippen MR) is 123 cm³/mol. The van der Waals surface area contributed by atoms with E-state index in [1.807, 2.05) is 24.3 Å². The maximum atomic E-state index is 13.0. The van der Waals surface area contributed by atoms with Crippen LogP contribution in [0, 0.1) is 6.92 Å². The zero-order valence-electron chi connectivity index (χ0n) is 16.6. The van der Waals surface area contributed by atoms with Gasteiger partial charge in [0.25, 0.3) is 0 Å². The van der Waals surface area contributed by atoms with Gasteiger partial charge in [-0.05, 0) is 49.6 Å². The van der Waals surface area contributed by atoms with E-state index >= 15 is 0 Å². The number of nitrogens with one attached hydrogen (secondary N) is 1. The van der Waals surface area contributed by atoms with Crippen LogP contribution < -0.4 is 5.32 Å². The second kappa shape index (κ2) is 9.05. The van der Waals surface area contributed by atoms with Crippen molar-refractivity contribution in [1.82, 2.24) is 9.29 Å². The van der Waals surface area contributed by atoms with Gasteiger partial charge < -0.3 is 5.32 Å². The third-order valence-corrected chi connectivity index (χ3v) is 9.23. The summed E-state index contributed by atoms with van der Waals surface area (Å²) in [5.74, 6) is 0.0199. The van der Waals surface area contributed by atoms with Crippen molar-refractivity contribution in [3.05, 3.63) is 48.0 Å². The molecule has 2 heterocycles. The second-order valence-electron chi connectivity index (χ2n) is 7.23. The zero-order valence-corrected chi connectivity index (χ0v) is 19.1. The Bertz CT molecular complexity index is 1140. The average Bonchev–Trinajstić information content (AvgIpc) is 3.17. The minimum atomic E-state index is -3.55. The molecule has 1 fully saturated rings. The van der Waals surface area contributed by atoms with Crippen molar-refractivity contribution < 1.29 is 13.2 Å². The molecule has 4 rings (SSSR count). The largest absolute Gasteiger partial charge is 0.325 e. The quantitative estimate of drug-likeness (QED) is 0.547. The normalized spacial score (nSPS) is 15.4. The zero-order chi connectivity index (χ0) is 21.1. The van der Waals surface area contributed by atoms with Crippen LogP contribution in [0.4, 0.5) is 5.69 Å². The highest BCUT2D eigenvalue weighted by molar-refractivity contribution is 8.01. The molecular formula is C21H23N3O3S3. The van der Waals surface area contributed by atoms with Gasteiger partial charge in [0.15, 0.2) is 4.34 Å². The third-order valence-electron chi connectivity index (χ3n) is 5.01. The molecule has 0 aliphatic carbocycles. The van der Waals surface area contributed by atoms with Crippen LogP contribution in [0.2, 0.25) is 0 Å². The Labute approximate surface area is 184 Å². The molecule has 1 aromatic heterocycles. The highest BCUT2D eigenvalue weighted by atomic mass is 32.2. The van der Waals surface area contributed by atoms with Gasteiger partial charge in [-0.2, -0.15) is 4.31 Å². The summed E-state index contributed by atoms with van der Waals surface area (Å²) < 4.78 is 29.6. The number of carbonyl (C=O) groups is 1. The van der Waals surface area contributed by atoms with E-state index in [0.29, 0.717) is 24.3 Å². The van der Waals surface area contributed by atoms with Gasteiger partial charge in [-0.3, -0.25) is 4.79 Å². The number of rotatable bonds is 6. The van der Waals surface area contributed by atoms with E-state index in [4.69, 9.17) is 0 Å². The number of thioether (sulfide) groups is 1. The summed E-state index contributed by atoms with van der Waals surface area (Å²) >= 11 is 2.93. The molecule has 1 amide bonds. The molecule has 9 heteroatoms. The number of hydrogen-bond donors (Lipinski definition) is 1. The summed E-state index contributed by atoms with van der Waals surface area (Å²) in [7, 11) is -3.55. The third kappa shape index (κ3) is 4.69. The lowest BCUT2D eigenvalue weighted by Crippen LogP contribution is -2.36. The van der Waals surface area contributed by atoms with Crippen LogP contribution in [0.5, 0.6) is 0 Å². The molecule has 158 valence electrons. The minimum absolute atomic E-state index is 0.190. The van der Waals surface area contributed by atoms with Crippen LogP contribution >= 0.6 is 23.1 Å². The van der Waals surface area contributed by atoms with Crippen LogP contribution in [-0.2, 0) is 14.8 Å². The SMILES string of the molecule is Cc1ccc(NC(=O)CSc2nc3ccccc3s2)cc1S(=O)(=O)N1CCCCC1. The van der Waals surface area contributed by atoms with Crippen LogP contribution in [0.3, 0.4) is 0 Å². The molecule has 2 aromatic carbocycles. The highest BCUT2D eigenvalue weighted by Gasteiger charge is 2.27. The van der Waals surface area contributed by atoms with Crippen molar-refractivity contribution in [3.8, 4) is 0 Å². The van der Waals surface area contributed by atoms with Crippen molar-refractivity contribution >= 4 is 54.9 Å². The van der Waals surface area contributed by atoms with E-state index in [1.54, 1.807) is 40.8 Å².